The fourth-order valence-electron chi connectivity index (χ4n) is 3.64. The van der Waals surface area contributed by atoms with Crippen molar-refractivity contribution in [2.75, 3.05) is 18.8 Å². The lowest BCUT2D eigenvalue weighted by Gasteiger charge is -2.15. The van der Waals surface area contributed by atoms with Gasteiger partial charge in [-0.2, -0.15) is 5.26 Å². The molecule has 4 N–H and O–H groups in total. The number of rotatable bonds is 7. The van der Waals surface area contributed by atoms with E-state index < -0.39 is 0 Å². The number of carbonyl (C=O) groups is 1. The molecule has 1 amide bonds. The Morgan fingerprint density at radius 2 is 1.76 bits per heavy atom. The maximum absolute atomic E-state index is 11.9. The number of para-hydroxylation sites is 1. The van der Waals surface area contributed by atoms with E-state index in [1.165, 1.54) is 6.20 Å². The maximum atomic E-state index is 11.9. The molecule has 1 aliphatic heterocycles. The third-order valence-electron chi connectivity index (χ3n) is 5.30. The van der Waals surface area contributed by atoms with Crippen LogP contribution in [0.15, 0.2) is 71.9 Å². The minimum Gasteiger partial charge on any atom is -0.457 e. The van der Waals surface area contributed by atoms with Gasteiger partial charge in [-0.3, -0.25) is 9.79 Å². The lowest BCUT2D eigenvalue weighted by atomic mass is 10.2. The first-order valence-corrected chi connectivity index (χ1v) is 10.8. The second kappa shape index (κ2) is 10.4. The topological polar surface area (TPSA) is 140 Å². The minimum absolute atomic E-state index is 0.144. The third kappa shape index (κ3) is 5.42. The number of hydrogen-bond donors (Lipinski definition) is 2. The predicted molar refractivity (Wildman–Crippen MR) is 128 cm³/mol. The van der Waals surface area contributed by atoms with Crippen LogP contribution in [0.25, 0.3) is 0 Å². The molecule has 1 fully saturated rings. The van der Waals surface area contributed by atoms with Crippen molar-refractivity contribution >= 4 is 17.6 Å². The van der Waals surface area contributed by atoms with Crippen LogP contribution in [0.1, 0.15) is 18.4 Å². The van der Waals surface area contributed by atoms with Gasteiger partial charge in [0.1, 0.15) is 46.6 Å². The van der Waals surface area contributed by atoms with Crippen molar-refractivity contribution in [1.82, 2.24) is 9.88 Å². The molecule has 9 heteroatoms. The lowest BCUT2D eigenvalue weighted by Crippen LogP contribution is -2.29. The van der Waals surface area contributed by atoms with Crippen LogP contribution < -0.4 is 20.9 Å². The first-order chi connectivity index (χ1) is 16.5. The molecule has 0 saturated carbocycles. The summed E-state index contributed by atoms with van der Waals surface area (Å²) in [5.74, 6) is 2.57. The van der Waals surface area contributed by atoms with Crippen molar-refractivity contribution in [2.24, 2.45) is 10.7 Å². The minimum atomic E-state index is -0.205. The molecule has 2 aromatic carbocycles. The van der Waals surface area contributed by atoms with Gasteiger partial charge in [0.05, 0.1) is 12.1 Å². The molecule has 0 radical (unpaired) electrons. The summed E-state index contributed by atoms with van der Waals surface area (Å²) in [6, 6.07) is 20.0. The fourth-order valence-corrected chi connectivity index (χ4v) is 3.64. The summed E-state index contributed by atoms with van der Waals surface area (Å²) in [6.07, 6.45) is 2.04. The number of amidine groups is 1. The number of nitrogens with two attached hydrogens (primary N) is 2. The average molecular weight is 457 g/mol. The van der Waals surface area contributed by atoms with E-state index in [-0.39, 0.29) is 30.0 Å². The highest BCUT2D eigenvalue weighted by Crippen LogP contribution is 2.30. The van der Waals surface area contributed by atoms with Crippen molar-refractivity contribution in [3.63, 3.8) is 0 Å². The average Bonchev–Trinajstić information content (AvgIpc) is 3.30. The van der Waals surface area contributed by atoms with E-state index in [2.05, 4.69) is 9.98 Å². The molecule has 172 valence electrons. The van der Waals surface area contributed by atoms with Gasteiger partial charge in [-0.25, -0.2) is 4.98 Å². The van der Waals surface area contributed by atoms with Crippen LogP contribution in [-0.4, -0.2) is 40.8 Å². The number of aromatic nitrogens is 1. The molecule has 1 aliphatic rings. The Kier molecular flexibility index (Phi) is 6.89. The van der Waals surface area contributed by atoms with Gasteiger partial charge in [0.2, 0.25) is 5.91 Å². The number of nitrogens with zero attached hydrogens (tertiary/aromatic N) is 4. The molecular formula is C25H24N6O3. The largest absolute Gasteiger partial charge is 0.457 e. The van der Waals surface area contributed by atoms with E-state index >= 15 is 0 Å². The number of likely N-dealkylation sites (tertiary alicyclic amines) is 1. The Morgan fingerprint density at radius 3 is 2.47 bits per heavy atom. The lowest BCUT2D eigenvalue weighted by molar-refractivity contribution is -0.129. The summed E-state index contributed by atoms with van der Waals surface area (Å²) in [4.78, 5) is 22.3. The number of anilines is 1. The van der Waals surface area contributed by atoms with Crippen LogP contribution >= 0.6 is 0 Å². The Labute approximate surface area is 197 Å². The van der Waals surface area contributed by atoms with Crippen molar-refractivity contribution in [3.8, 4) is 29.1 Å². The van der Waals surface area contributed by atoms with Gasteiger partial charge in [0.15, 0.2) is 0 Å². The van der Waals surface area contributed by atoms with E-state index in [1.54, 1.807) is 35.2 Å². The van der Waals surface area contributed by atoms with Crippen LogP contribution in [0, 0.1) is 11.3 Å². The van der Waals surface area contributed by atoms with E-state index in [0.717, 1.165) is 5.75 Å². The summed E-state index contributed by atoms with van der Waals surface area (Å²) >= 11 is 0. The quantitative estimate of drug-likeness (QED) is 0.410. The van der Waals surface area contributed by atoms with E-state index in [9.17, 15) is 4.79 Å². The molecule has 0 spiro atoms. The zero-order valence-electron chi connectivity index (χ0n) is 18.4. The van der Waals surface area contributed by atoms with Gasteiger partial charge in [0.25, 0.3) is 0 Å². The molecule has 0 bridgehead atoms. The molecule has 4 rings (SSSR count). The number of pyridine rings is 1. The Balaban J connectivity index is 1.48. The second-order valence-corrected chi connectivity index (χ2v) is 7.69. The fraction of sp³-hybridized carbons (Fsp3) is 0.200. The Hall–Kier alpha value is -4.58. The van der Waals surface area contributed by atoms with Crippen molar-refractivity contribution in [3.05, 3.63) is 72.4 Å². The van der Waals surface area contributed by atoms with Crippen LogP contribution in [-0.2, 0) is 4.79 Å². The van der Waals surface area contributed by atoms with Gasteiger partial charge in [-0.1, -0.05) is 18.2 Å². The highest BCUT2D eigenvalue weighted by atomic mass is 16.5. The third-order valence-corrected chi connectivity index (χ3v) is 5.30. The monoisotopic (exact) mass is 456 g/mol. The molecule has 3 aromatic rings. The van der Waals surface area contributed by atoms with Gasteiger partial charge in [-0.05, 0) is 42.8 Å². The van der Waals surface area contributed by atoms with Crippen molar-refractivity contribution in [1.29, 1.82) is 5.26 Å². The molecular weight excluding hydrogens is 432 g/mol. The molecule has 0 unspecified atom stereocenters. The number of hydrogen-bond acceptors (Lipinski definition) is 7. The number of nitriles is 1. The van der Waals surface area contributed by atoms with Gasteiger partial charge < -0.3 is 25.8 Å². The van der Waals surface area contributed by atoms with E-state index in [4.69, 9.17) is 26.2 Å². The number of carbonyl (C=O) groups excluding carboxylic acids is 1. The normalized spacial score (nSPS) is 15.6. The highest BCUT2D eigenvalue weighted by molar-refractivity contribution is 6.04. The number of aliphatic imine (C=N–C) groups is 1. The second-order valence-electron chi connectivity index (χ2n) is 7.69. The summed E-state index contributed by atoms with van der Waals surface area (Å²) in [7, 11) is 0. The summed E-state index contributed by atoms with van der Waals surface area (Å²) in [5.41, 5.74) is 12.8. The van der Waals surface area contributed by atoms with Crippen LogP contribution in [0.3, 0.4) is 0 Å². The maximum Gasteiger partial charge on any atom is 0.236 e. The first kappa shape index (κ1) is 22.6. The number of nitrogen functional groups attached to an aromatic ring is 1. The first-order valence-electron chi connectivity index (χ1n) is 10.8. The highest BCUT2D eigenvalue weighted by Gasteiger charge is 2.26. The number of benzene rings is 2. The van der Waals surface area contributed by atoms with E-state index in [0.29, 0.717) is 42.3 Å². The van der Waals surface area contributed by atoms with Crippen LogP contribution in [0.5, 0.6) is 23.0 Å². The van der Waals surface area contributed by atoms with Gasteiger partial charge in [0, 0.05) is 25.4 Å². The molecule has 1 atom stereocenters. The molecule has 9 nitrogen and oxygen atoms in total. The molecule has 1 aromatic heterocycles. The predicted octanol–water partition coefficient (Wildman–Crippen LogP) is 3.47. The zero-order chi connectivity index (χ0) is 23.9. The molecule has 2 heterocycles. The summed E-state index contributed by atoms with van der Waals surface area (Å²) in [6.45, 7) is 0.936. The molecule has 34 heavy (non-hydrogen) atoms. The standard InChI is InChI=1S/C25H24N6O3/c26-13-10-22(32)31-15-12-17(16-31)30-25(28)23-21(11-14-29-24(23)27)34-20-8-6-19(7-9-20)33-18-4-2-1-3-5-18/h1-9,11,14,17H,10,12,15-16H2,(H2,27,29)(H2,28,30)/t17-/m1/s1. The Morgan fingerprint density at radius 1 is 1.09 bits per heavy atom. The van der Waals surface area contributed by atoms with Crippen LogP contribution in [0.4, 0.5) is 5.82 Å². The smallest absolute Gasteiger partial charge is 0.236 e. The van der Waals surface area contributed by atoms with Gasteiger partial charge >= 0.3 is 0 Å². The SMILES string of the molecule is N#CCC(=O)N1CC[C@@H](N=C(N)c2c(Oc3ccc(Oc4ccccc4)cc3)ccnc2N)C1. The number of amides is 1. The van der Waals surface area contributed by atoms with Gasteiger partial charge in [-0.15, -0.1) is 0 Å². The summed E-state index contributed by atoms with van der Waals surface area (Å²) < 4.78 is 11.8. The van der Waals surface area contributed by atoms with Crippen molar-refractivity contribution in [2.45, 2.75) is 18.9 Å². The zero-order valence-corrected chi connectivity index (χ0v) is 18.4. The Bertz CT molecular complexity index is 1220. The molecule has 1 saturated heterocycles. The summed E-state index contributed by atoms with van der Waals surface area (Å²) in [5, 5.41) is 8.73. The number of ether oxygens (including phenoxy) is 2. The molecule has 0 aliphatic carbocycles. The van der Waals surface area contributed by atoms with E-state index in [1.807, 2.05) is 36.4 Å². The van der Waals surface area contributed by atoms with Crippen molar-refractivity contribution < 1.29 is 14.3 Å². The van der Waals surface area contributed by atoms with Crippen LogP contribution in [0.2, 0.25) is 0 Å².